The van der Waals surface area contributed by atoms with E-state index in [0.29, 0.717) is 12.4 Å². The molecule has 0 aliphatic carbocycles. The summed E-state index contributed by atoms with van der Waals surface area (Å²) in [5.41, 5.74) is -0.0567. The molecule has 17 heavy (non-hydrogen) atoms. The average Bonchev–Trinajstić information content (AvgIpc) is 2.24. The van der Waals surface area contributed by atoms with Crippen molar-refractivity contribution in [2.45, 2.75) is 33.8 Å². The predicted octanol–water partition coefficient (Wildman–Crippen LogP) is 2.30. The van der Waals surface area contributed by atoms with E-state index >= 15 is 0 Å². The number of nitrogens with zero attached hydrogens (tertiary/aromatic N) is 2. The lowest BCUT2D eigenvalue weighted by atomic mass is 9.88. The minimum absolute atomic E-state index is 0.0814. The van der Waals surface area contributed by atoms with Crippen LogP contribution in [0, 0.1) is 5.41 Å². The van der Waals surface area contributed by atoms with E-state index in [-0.39, 0.29) is 17.1 Å². The fourth-order valence-electron chi connectivity index (χ4n) is 1.46. The van der Waals surface area contributed by atoms with Gasteiger partial charge in [-0.05, 0) is 12.3 Å². The van der Waals surface area contributed by atoms with Crippen LogP contribution in [0.3, 0.4) is 0 Å². The maximum Gasteiger partial charge on any atom is 0.338 e. The van der Waals surface area contributed by atoms with Gasteiger partial charge in [-0.15, -0.1) is 0 Å². The Morgan fingerprint density at radius 2 is 1.94 bits per heavy atom. The molecule has 1 N–H and O–H groups in total. The third-order valence-electron chi connectivity index (χ3n) is 2.27. The molecule has 1 unspecified atom stereocenters. The van der Waals surface area contributed by atoms with Crippen LogP contribution >= 0.6 is 0 Å². The summed E-state index contributed by atoms with van der Waals surface area (Å²) in [5, 5.41) is 8.77. The second-order valence-corrected chi connectivity index (χ2v) is 4.84. The lowest BCUT2D eigenvalue weighted by Crippen LogP contribution is -2.23. The molecular weight excluding hydrogens is 220 g/mol. The monoisotopic (exact) mass is 238 g/mol. The van der Waals surface area contributed by atoms with Gasteiger partial charge in [0.05, 0.1) is 5.56 Å². The van der Waals surface area contributed by atoms with Crippen molar-refractivity contribution >= 4 is 5.97 Å². The molecule has 5 heteroatoms. The summed E-state index contributed by atoms with van der Waals surface area (Å²) in [5.74, 6) is -0.510. The number of carbonyl (C=O) groups is 1. The normalized spacial score (nSPS) is 13.4. The van der Waals surface area contributed by atoms with E-state index in [1.165, 1.54) is 12.4 Å². The number of hydrogen-bond acceptors (Lipinski definition) is 4. The van der Waals surface area contributed by atoms with Gasteiger partial charge in [0.15, 0.2) is 5.82 Å². The fraction of sp³-hybridized carbons (Fsp3) is 0.583. The number of rotatable bonds is 4. The molecule has 0 amide bonds. The van der Waals surface area contributed by atoms with Gasteiger partial charge in [0.25, 0.3) is 0 Å². The first-order valence-corrected chi connectivity index (χ1v) is 5.53. The van der Waals surface area contributed by atoms with Gasteiger partial charge in [0.1, 0.15) is 6.10 Å². The van der Waals surface area contributed by atoms with Crippen molar-refractivity contribution in [1.82, 2.24) is 9.97 Å². The van der Waals surface area contributed by atoms with Crippen LogP contribution in [-0.2, 0) is 4.74 Å². The molecule has 94 valence electrons. The van der Waals surface area contributed by atoms with Crippen molar-refractivity contribution in [2.24, 2.45) is 5.41 Å². The standard InChI is InChI=1S/C12H18N2O3/c1-5-17-9(12(2,3)4)10-13-6-8(7-14-10)11(15)16/h6-7,9H,5H2,1-4H3,(H,15,16). The van der Waals surface area contributed by atoms with E-state index in [1.54, 1.807) is 0 Å². The van der Waals surface area contributed by atoms with Crippen molar-refractivity contribution in [3.63, 3.8) is 0 Å². The van der Waals surface area contributed by atoms with Gasteiger partial charge in [-0.3, -0.25) is 0 Å². The summed E-state index contributed by atoms with van der Waals surface area (Å²) in [6, 6.07) is 0. The van der Waals surface area contributed by atoms with Crippen molar-refractivity contribution in [3.8, 4) is 0 Å². The third kappa shape index (κ3) is 3.49. The topological polar surface area (TPSA) is 72.3 Å². The fourth-order valence-corrected chi connectivity index (χ4v) is 1.46. The van der Waals surface area contributed by atoms with Gasteiger partial charge in [-0.2, -0.15) is 0 Å². The van der Waals surface area contributed by atoms with Gasteiger partial charge in [0.2, 0.25) is 0 Å². The van der Waals surface area contributed by atoms with Gasteiger partial charge in [-0.1, -0.05) is 20.8 Å². The Hall–Kier alpha value is -1.49. The van der Waals surface area contributed by atoms with Crippen LogP contribution in [0.4, 0.5) is 0 Å². The number of carboxylic acid groups (broad SMARTS) is 1. The Balaban J connectivity index is 2.99. The Morgan fingerprint density at radius 3 is 2.29 bits per heavy atom. The second-order valence-electron chi connectivity index (χ2n) is 4.84. The largest absolute Gasteiger partial charge is 0.478 e. The first-order valence-electron chi connectivity index (χ1n) is 5.53. The van der Waals surface area contributed by atoms with E-state index in [2.05, 4.69) is 9.97 Å². The molecule has 0 aliphatic heterocycles. The molecule has 5 nitrogen and oxygen atoms in total. The minimum Gasteiger partial charge on any atom is -0.478 e. The van der Waals surface area contributed by atoms with Crippen molar-refractivity contribution in [1.29, 1.82) is 0 Å². The summed E-state index contributed by atoms with van der Waals surface area (Å²) in [6.45, 7) is 8.56. The molecule has 0 bridgehead atoms. The lowest BCUT2D eigenvalue weighted by molar-refractivity contribution is -0.0191. The quantitative estimate of drug-likeness (QED) is 0.871. The number of ether oxygens (including phenoxy) is 1. The zero-order valence-corrected chi connectivity index (χ0v) is 10.6. The van der Waals surface area contributed by atoms with E-state index in [0.717, 1.165) is 0 Å². The highest BCUT2D eigenvalue weighted by Gasteiger charge is 2.29. The summed E-state index contributed by atoms with van der Waals surface area (Å²) >= 11 is 0. The molecule has 0 saturated heterocycles. The van der Waals surface area contributed by atoms with Crippen molar-refractivity contribution < 1.29 is 14.6 Å². The first-order chi connectivity index (χ1) is 7.86. The van der Waals surface area contributed by atoms with Crippen LogP contribution < -0.4 is 0 Å². The van der Waals surface area contributed by atoms with E-state index in [9.17, 15) is 4.79 Å². The zero-order chi connectivity index (χ0) is 13.1. The molecule has 1 atom stereocenters. The van der Waals surface area contributed by atoms with E-state index < -0.39 is 5.97 Å². The number of aromatic nitrogens is 2. The molecule has 1 aromatic rings. The first kappa shape index (κ1) is 13.6. The molecule has 0 saturated carbocycles. The van der Waals surface area contributed by atoms with Crippen LogP contribution in [0.25, 0.3) is 0 Å². The summed E-state index contributed by atoms with van der Waals surface area (Å²) in [7, 11) is 0. The van der Waals surface area contributed by atoms with Crippen LogP contribution in [-0.4, -0.2) is 27.7 Å². The van der Waals surface area contributed by atoms with Gasteiger partial charge >= 0.3 is 5.97 Å². The van der Waals surface area contributed by atoms with Gasteiger partial charge in [0, 0.05) is 19.0 Å². The van der Waals surface area contributed by atoms with E-state index in [4.69, 9.17) is 9.84 Å². The predicted molar refractivity (Wildman–Crippen MR) is 62.8 cm³/mol. The minimum atomic E-state index is -1.03. The van der Waals surface area contributed by atoms with Crippen LogP contribution in [0.5, 0.6) is 0 Å². The smallest absolute Gasteiger partial charge is 0.338 e. The zero-order valence-electron chi connectivity index (χ0n) is 10.6. The summed E-state index contributed by atoms with van der Waals surface area (Å²) < 4.78 is 5.62. The Kier molecular flexibility index (Phi) is 4.17. The molecule has 1 heterocycles. The highest BCUT2D eigenvalue weighted by atomic mass is 16.5. The molecule has 0 radical (unpaired) electrons. The van der Waals surface area contributed by atoms with Crippen molar-refractivity contribution in [2.75, 3.05) is 6.61 Å². The molecular formula is C12H18N2O3. The molecule has 0 aliphatic rings. The Labute approximate surface area is 101 Å². The van der Waals surface area contributed by atoms with Crippen LogP contribution in [0.15, 0.2) is 12.4 Å². The number of carboxylic acids is 1. The van der Waals surface area contributed by atoms with Crippen LogP contribution in [0.2, 0.25) is 0 Å². The van der Waals surface area contributed by atoms with Gasteiger partial charge in [-0.25, -0.2) is 14.8 Å². The Morgan fingerprint density at radius 1 is 1.41 bits per heavy atom. The maximum atomic E-state index is 10.7. The number of aromatic carboxylic acids is 1. The number of hydrogen-bond donors (Lipinski definition) is 1. The summed E-state index contributed by atoms with van der Waals surface area (Å²) in [4.78, 5) is 18.8. The molecule has 0 aromatic carbocycles. The van der Waals surface area contributed by atoms with Crippen LogP contribution in [0.1, 0.15) is 50.0 Å². The SMILES string of the molecule is CCOC(c1ncc(C(=O)O)cn1)C(C)(C)C. The molecule has 1 rings (SSSR count). The molecule has 1 aromatic heterocycles. The lowest BCUT2D eigenvalue weighted by Gasteiger charge is -2.28. The molecule has 0 spiro atoms. The van der Waals surface area contributed by atoms with Crippen molar-refractivity contribution in [3.05, 3.63) is 23.8 Å². The van der Waals surface area contributed by atoms with E-state index in [1.807, 2.05) is 27.7 Å². The second kappa shape index (κ2) is 5.23. The molecule has 0 fully saturated rings. The summed E-state index contributed by atoms with van der Waals surface area (Å²) in [6.07, 6.45) is 2.38. The highest BCUT2D eigenvalue weighted by Crippen LogP contribution is 2.33. The maximum absolute atomic E-state index is 10.7. The van der Waals surface area contributed by atoms with Gasteiger partial charge < -0.3 is 9.84 Å². The highest BCUT2D eigenvalue weighted by molar-refractivity contribution is 5.86. The Bertz CT molecular complexity index is 382. The third-order valence-corrected chi connectivity index (χ3v) is 2.27. The average molecular weight is 238 g/mol.